The van der Waals surface area contributed by atoms with Crippen LogP contribution in [0.3, 0.4) is 0 Å². The fourth-order valence-corrected chi connectivity index (χ4v) is 3.91. The second-order valence-electron chi connectivity index (χ2n) is 7.54. The second kappa shape index (κ2) is 7.30. The molecule has 1 heterocycles. The first-order valence-corrected chi connectivity index (χ1v) is 8.78. The number of nitro groups is 1. The Morgan fingerprint density at radius 2 is 2.04 bits per heavy atom. The maximum Gasteiger partial charge on any atom is 0.323 e. The minimum Gasteiger partial charge on any atom is -0.465 e. The van der Waals surface area contributed by atoms with E-state index in [0.717, 1.165) is 11.1 Å². The smallest absolute Gasteiger partial charge is 0.323 e. The van der Waals surface area contributed by atoms with Gasteiger partial charge in [0, 0.05) is 9.95 Å². The number of nitrogens with one attached hydrogen (secondary N) is 1. The molecular weight excluding hydrogens is 344 g/mol. The van der Waals surface area contributed by atoms with Gasteiger partial charge in [-0.3, -0.25) is 20.2 Å². The average Bonchev–Trinajstić information content (AvgIpc) is 2.90. The first-order valence-electron chi connectivity index (χ1n) is 8.40. The fraction of sp³-hybridized carbons (Fsp3) is 0.611. The standard InChI is InChI=1S/C18H25ClN2O4/c1-6-25-17(22)15-13(18(3,4)5)16(21(23)24)14(20-15)12-9-11(19)8-7-10(12)2/h7-9,13-16,20H,6H2,1-5H3/t13-,14+,15+,16+/m1/s1. The van der Waals surface area contributed by atoms with Crippen molar-refractivity contribution in [1.29, 1.82) is 0 Å². The molecule has 1 aliphatic rings. The molecule has 0 unspecified atom stereocenters. The van der Waals surface area contributed by atoms with Crippen LogP contribution in [-0.2, 0) is 9.53 Å². The Morgan fingerprint density at radius 1 is 1.40 bits per heavy atom. The van der Waals surface area contributed by atoms with Crippen LogP contribution in [-0.4, -0.2) is 29.6 Å². The van der Waals surface area contributed by atoms with E-state index in [-0.39, 0.29) is 11.5 Å². The van der Waals surface area contributed by atoms with Gasteiger partial charge < -0.3 is 4.74 Å². The van der Waals surface area contributed by atoms with Crippen LogP contribution < -0.4 is 5.32 Å². The van der Waals surface area contributed by atoms with E-state index in [0.29, 0.717) is 5.02 Å². The molecule has 0 spiro atoms. The van der Waals surface area contributed by atoms with Gasteiger partial charge in [-0.25, -0.2) is 0 Å². The lowest BCUT2D eigenvalue weighted by Crippen LogP contribution is -2.45. The van der Waals surface area contributed by atoms with Crippen molar-refractivity contribution in [3.8, 4) is 0 Å². The van der Waals surface area contributed by atoms with Crippen molar-refractivity contribution < 1.29 is 14.5 Å². The van der Waals surface area contributed by atoms with E-state index < -0.39 is 35.4 Å². The predicted molar refractivity (Wildman–Crippen MR) is 96.2 cm³/mol. The Bertz CT molecular complexity index is 672. The summed E-state index contributed by atoms with van der Waals surface area (Å²) in [6, 6.07) is 3.02. The maximum absolute atomic E-state index is 12.5. The number of ether oxygens (including phenoxy) is 1. The van der Waals surface area contributed by atoms with Crippen LogP contribution in [0, 0.1) is 28.4 Å². The minimum atomic E-state index is -0.952. The lowest BCUT2D eigenvalue weighted by atomic mass is 9.72. The van der Waals surface area contributed by atoms with Crippen LogP contribution in [0.1, 0.15) is 44.9 Å². The molecule has 0 amide bonds. The van der Waals surface area contributed by atoms with Crippen molar-refractivity contribution in [2.45, 2.75) is 52.7 Å². The zero-order chi connectivity index (χ0) is 18.9. The van der Waals surface area contributed by atoms with Crippen LogP contribution >= 0.6 is 11.6 Å². The second-order valence-corrected chi connectivity index (χ2v) is 7.98. The van der Waals surface area contributed by atoms with Gasteiger partial charge in [-0.1, -0.05) is 38.4 Å². The van der Waals surface area contributed by atoms with Crippen LogP contribution in [0.2, 0.25) is 5.02 Å². The first kappa shape index (κ1) is 19.7. The predicted octanol–water partition coefficient (Wildman–Crippen LogP) is 3.53. The van der Waals surface area contributed by atoms with Gasteiger partial charge in [-0.15, -0.1) is 0 Å². The third-order valence-corrected chi connectivity index (χ3v) is 5.02. The Balaban J connectivity index is 2.55. The van der Waals surface area contributed by atoms with Gasteiger partial charge in [0.05, 0.1) is 12.5 Å². The summed E-state index contributed by atoms with van der Waals surface area (Å²) in [5.74, 6) is -0.957. The molecule has 25 heavy (non-hydrogen) atoms. The molecule has 0 saturated carbocycles. The fourth-order valence-electron chi connectivity index (χ4n) is 3.73. The van der Waals surface area contributed by atoms with Gasteiger partial charge in [-0.05, 0) is 42.5 Å². The topological polar surface area (TPSA) is 81.5 Å². The molecule has 1 aliphatic heterocycles. The van der Waals surface area contributed by atoms with Crippen molar-refractivity contribution in [1.82, 2.24) is 5.32 Å². The van der Waals surface area contributed by atoms with Crippen LogP contribution in [0.15, 0.2) is 18.2 Å². The molecule has 138 valence electrons. The van der Waals surface area contributed by atoms with Gasteiger partial charge in [0.2, 0.25) is 6.04 Å². The number of aryl methyl sites for hydroxylation is 1. The molecule has 0 bridgehead atoms. The molecule has 4 atom stereocenters. The van der Waals surface area contributed by atoms with Crippen molar-refractivity contribution in [2.24, 2.45) is 11.3 Å². The summed E-state index contributed by atoms with van der Waals surface area (Å²) in [5, 5.41) is 15.6. The number of benzene rings is 1. The highest BCUT2D eigenvalue weighted by Gasteiger charge is 2.58. The minimum absolute atomic E-state index is 0.234. The van der Waals surface area contributed by atoms with Crippen LogP contribution in [0.5, 0.6) is 0 Å². The summed E-state index contributed by atoms with van der Waals surface area (Å²) in [6.45, 7) is 9.58. The third-order valence-electron chi connectivity index (χ3n) is 4.79. The molecule has 0 aromatic heterocycles. The monoisotopic (exact) mass is 368 g/mol. The normalized spacial score (nSPS) is 26.5. The van der Waals surface area contributed by atoms with Gasteiger partial charge in [-0.2, -0.15) is 0 Å². The number of esters is 1. The molecular formula is C18H25ClN2O4. The number of rotatable bonds is 4. The summed E-state index contributed by atoms with van der Waals surface area (Å²) < 4.78 is 5.17. The molecule has 1 aromatic carbocycles. The molecule has 0 radical (unpaired) electrons. The molecule has 1 aromatic rings. The van der Waals surface area contributed by atoms with E-state index >= 15 is 0 Å². The SMILES string of the molecule is CCOC(=O)[C@H]1N[C@@H](c2cc(Cl)ccc2C)[C@@H]([N+](=O)[O-])[C@@H]1C(C)(C)C. The first-order chi connectivity index (χ1) is 11.6. The third kappa shape index (κ3) is 3.96. The summed E-state index contributed by atoms with van der Waals surface area (Å²) in [5.41, 5.74) is 1.19. The van der Waals surface area contributed by atoms with Crippen LogP contribution in [0.25, 0.3) is 0 Å². The largest absolute Gasteiger partial charge is 0.465 e. The number of halogens is 1. The van der Waals surface area contributed by atoms with E-state index in [1.165, 1.54) is 0 Å². The highest BCUT2D eigenvalue weighted by Crippen LogP contribution is 2.44. The summed E-state index contributed by atoms with van der Waals surface area (Å²) in [7, 11) is 0. The van der Waals surface area contributed by atoms with E-state index in [1.807, 2.05) is 33.8 Å². The lowest BCUT2D eigenvalue weighted by molar-refractivity contribution is -0.535. The summed E-state index contributed by atoms with van der Waals surface area (Å²) in [4.78, 5) is 24.1. The lowest BCUT2D eigenvalue weighted by Gasteiger charge is -2.31. The van der Waals surface area contributed by atoms with E-state index in [9.17, 15) is 14.9 Å². The summed E-state index contributed by atoms with van der Waals surface area (Å²) in [6.07, 6.45) is 0. The Kier molecular flexibility index (Phi) is 5.74. The van der Waals surface area contributed by atoms with Gasteiger partial charge in [0.25, 0.3) is 0 Å². The molecule has 7 heteroatoms. The van der Waals surface area contributed by atoms with Gasteiger partial charge in [0.1, 0.15) is 12.1 Å². The Labute approximate surface area is 153 Å². The highest BCUT2D eigenvalue weighted by molar-refractivity contribution is 6.30. The Hall–Kier alpha value is -1.66. The van der Waals surface area contributed by atoms with E-state index in [1.54, 1.807) is 19.1 Å². The van der Waals surface area contributed by atoms with Crippen molar-refractivity contribution in [3.05, 3.63) is 44.5 Å². The number of carbonyl (C=O) groups excluding carboxylic acids is 1. The average molecular weight is 369 g/mol. The molecule has 1 N–H and O–H groups in total. The van der Waals surface area contributed by atoms with Gasteiger partial charge in [0.15, 0.2) is 0 Å². The number of carbonyl (C=O) groups is 1. The quantitative estimate of drug-likeness (QED) is 0.499. The molecule has 0 aliphatic carbocycles. The zero-order valence-corrected chi connectivity index (χ0v) is 16.0. The van der Waals surface area contributed by atoms with E-state index in [2.05, 4.69) is 5.32 Å². The van der Waals surface area contributed by atoms with Crippen molar-refractivity contribution in [2.75, 3.05) is 6.61 Å². The van der Waals surface area contributed by atoms with Crippen molar-refractivity contribution >= 4 is 17.6 Å². The zero-order valence-electron chi connectivity index (χ0n) is 15.2. The summed E-state index contributed by atoms with van der Waals surface area (Å²) >= 11 is 6.11. The van der Waals surface area contributed by atoms with Crippen molar-refractivity contribution in [3.63, 3.8) is 0 Å². The maximum atomic E-state index is 12.5. The van der Waals surface area contributed by atoms with E-state index in [4.69, 9.17) is 16.3 Å². The Morgan fingerprint density at radius 3 is 2.56 bits per heavy atom. The number of hydrogen-bond donors (Lipinski definition) is 1. The number of hydrogen-bond acceptors (Lipinski definition) is 5. The highest BCUT2D eigenvalue weighted by atomic mass is 35.5. The van der Waals surface area contributed by atoms with Crippen LogP contribution in [0.4, 0.5) is 0 Å². The molecule has 2 rings (SSSR count). The number of nitrogens with zero attached hydrogens (tertiary/aromatic N) is 1. The van der Waals surface area contributed by atoms with Gasteiger partial charge >= 0.3 is 5.97 Å². The molecule has 6 nitrogen and oxygen atoms in total. The molecule has 1 fully saturated rings. The molecule has 1 saturated heterocycles.